The number of allylic oxidation sites excluding steroid dienone is 1. The van der Waals surface area contributed by atoms with E-state index in [2.05, 4.69) is 33.8 Å². The minimum atomic E-state index is -0.133. The second kappa shape index (κ2) is 10.4. The molecule has 0 aromatic rings. The van der Waals surface area contributed by atoms with Crippen molar-refractivity contribution in [3.63, 3.8) is 0 Å². The lowest BCUT2D eigenvalue weighted by atomic mass is 9.47. The Morgan fingerprint density at radius 1 is 1.11 bits per heavy atom. The molecule has 4 aliphatic carbocycles. The minimum Gasteiger partial charge on any atom is -0.393 e. The first-order chi connectivity index (χ1) is 18.0. The molecule has 5 aliphatic rings. The van der Waals surface area contributed by atoms with Crippen molar-refractivity contribution >= 4 is 11.9 Å². The molecule has 0 aromatic heterocycles. The summed E-state index contributed by atoms with van der Waals surface area (Å²) in [4.78, 5) is 31.1. The van der Waals surface area contributed by atoms with Gasteiger partial charge in [0.25, 0.3) is 0 Å². The van der Waals surface area contributed by atoms with Gasteiger partial charge in [-0.15, -0.1) is 0 Å². The fourth-order valence-corrected chi connectivity index (χ4v) is 10.1. The molecule has 5 rings (SSSR count). The van der Waals surface area contributed by atoms with Gasteiger partial charge < -0.3 is 19.8 Å². The van der Waals surface area contributed by atoms with Crippen LogP contribution in [0.1, 0.15) is 91.9 Å². The molecular weight excluding hydrogens is 474 g/mol. The van der Waals surface area contributed by atoms with E-state index in [1.54, 1.807) is 24.6 Å². The number of hydrogen-bond acceptors (Lipinski definition) is 3. The molecule has 0 radical (unpaired) electrons. The molecule has 38 heavy (non-hydrogen) atoms. The van der Waals surface area contributed by atoms with E-state index in [1.165, 1.54) is 32.1 Å². The third-order valence-electron chi connectivity index (χ3n) is 12.3. The standard InChI is InChI=1S/C32H53N3O3/c1-21(7-12-29(37)34-17-18-35(22(2)20-34)30(38)33(5)6)26-10-11-27-25-9-8-23-19-24(36)13-15-31(23,3)28(25)14-16-32(26,27)4/h8,21-22,24-28,36H,7,9-20H2,1-6H3/t21?,22-,24-,25-,26+,27-,28-,31-,32+/m0/s1. The molecule has 1 saturated heterocycles. The molecule has 0 spiro atoms. The zero-order valence-corrected chi connectivity index (χ0v) is 24.9. The van der Waals surface area contributed by atoms with E-state index in [9.17, 15) is 14.7 Å². The summed E-state index contributed by atoms with van der Waals surface area (Å²) < 4.78 is 0. The van der Waals surface area contributed by atoms with Crippen LogP contribution >= 0.6 is 0 Å². The molecule has 1 N–H and O–H groups in total. The van der Waals surface area contributed by atoms with Gasteiger partial charge in [0.2, 0.25) is 5.91 Å². The summed E-state index contributed by atoms with van der Waals surface area (Å²) in [5, 5.41) is 10.3. The number of rotatable bonds is 4. The zero-order valence-electron chi connectivity index (χ0n) is 24.9. The van der Waals surface area contributed by atoms with Gasteiger partial charge in [0.05, 0.1) is 6.10 Å². The van der Waals surface area contributed by atoms with E-state index >= 15 is 0 Å². The number of amides is 3. The molecule has 6 nitrogen and oxygen atoms in total. The van der Waals surface area contributed by atoms with E-state index < -0.39 is 0 Å². The molecule has 1 heterocycles. The van der Waals surface area contributed by atoms with E-state index in [0.29, 0.717) is 48.7 Å². The number of aliphatic hydroxyl groups is 1. The summed E-state index contributed by atoms with van der Waals surface area (Å²) in [5.74, 6) is 3.91. The highest BCUT2D eigenvalue weighted by Gasteiger charge is 2.59. The number of carbonyl (C=O) groups excluding carboxylic acids is 2. The molecule has 3 saturated carbocycles. The Morgan fingerprint density at radius 3 is 2.58 bits per heavy atom. The van der Waals surface area contributed by atoms with Gasteiger partial charge in [-0.05, 0) is 105 Å². The Morgan fingerprint density at radius 2 is 1.87 bits per heavy atom. The summed E-state index contributed by atoms with van der Waals surface area (Å²) in [6, 6.07) is 0.0979. The first kappa shape index (κ1) is 28.0. The van der Waals surface area contributed by atoms with Crippen LogP contribution in [-0.2, 0) is 4.79 Å². The molecule has 6 heteroatoms. The number of nitrogens with zero attached hydrogens (tertiary/aromatic N) is 3. The predicted octanol–water partition coefficient (Wildman–Crippen LogP) is 5.56. The molecule has 9 atom stereocenters. The average molecular weight is 528 g/mol. The molecule has 3 amide bonds. The summed E-state index contributed by atoms with van der Waals surface area (Å²) in [6.07, 6.45) is 13.6. The first-order valence-corrected chi connectivity index (χ1v) is 15.6. The summed E-state index contributed by atoms with van der Waals surface area (Å²) in [7, 11) is 3.58. The second-order valence-electron chi connectivity index (χ2n) is 14.5. The van der Waals surface area contributed by atoms with Crippen LogP contribution in [0.2, 0.25) is 0 Å². The van der Waals surface area contributed by atoms with Crippen LogP contribution in [0, 0.1) is 40.4 Å². The van der Waals surface area contributed by atoms with Crippen molar-refractivity contribution in [3.8, 4) is 0 Å². The average Bonchev–Trinajstić information content (AvgIpc) is 3.24. The van der Waals surface area contributed by atoms with Crippen LogP contribution in [0.15, 0.2) is 11.6 Å². The van der Waals surface area contributed by atoms with Gasteiger partial charge in [0, 0.05) is 46.2 Å². The monoisotopic (exact) mass is 527 g/mol. The van der Waals surface area contributed by atoms with Crippen LogP contribution in [0.3, 0.4) is 0 Å². The molecule has 214 valence electrons. The number of urea groups is 1. The largest absolute Gasteiger partial charge is 0.393 e. The van der Waals surface area contributed by atoms with Crippen molar-refractivity contribution in [2.45, 2.75) is 104 Å². The number of fused-ring (bicyclic) bond motifs is 5. The molecular formula is C32H53N3O3. The zero-order chi connectivity index (χ0) is 27.4. The van der Waals surface area contributed by atoms with Gasteiger partial charge in [-0.1, -0.05) is 32.4 Å². The lowest BCUT2D eigenvalue weighted by Gasteiger charge is -2.58. The Labute approximate surface area is 231 Å². The van der Waals surface area contributed by atoms with Crippen molar-refractivity contribution in [1.29, 1.82) is 0 Å². The van der Waals surface area contributed by atoms with Crippen LogP contribution in [0.5, 0.6) is 0 Å². The van der Waals surface area contributed by atoms with Crippen LogP contribution in [0.25, 0.3) is 0 Å². The molecule has 1 unspecified atom stereocenters. The van der Waals surface area contributed by atoms with E-state index in [1.807, 2.05) is 9.80 Å². The lowest BCUT2D eigenvalue weighted by molar-refractivity contribution is -0.134. The van der Waals surface area contributed by atoms with E-state index in [0.717, 1.165) is 43.4 Å². The smallest absolute Gasteiger partial charge is 0.319 e. The normalized spacial score (nSPS) is 41.5. The third-order valence-corrected chi connectivity index (χ3v) is 12.3. The Hall–Kier alpha value is -1.56. The number of aliphatic hydroxyl groups excluding tert-OH is 1. The quantitative estimate of drug-likeness (QED) is 0.487. The fourth-order valence-electron chi connectivity index (χ4n) is 10.1. The second-order valence-corrected chi connectivity index (χ2v) is 14.5. The topological polar surface area (TPSA) is 64.1 Å². The Balaban J connectivity index is 1.18. The summed E-state index contributed by atoms with van der Waals surface area (Å²) >= 11 is 0. The number of carbonyl (C=O) groups is 2. The first-order valence-electron chi connectivity index (χ1n) is 15.6. The molecule has 1 aliphatic heterocycles. The number of piperazine rings is 1. The van der Waals surface area contributed by atoms with Crippen molar-refractivity contribution in [3.05, 3.63) is 11.6 Å². The third kappa shape index (κ3) is 4.71. The molecule has 0 aromatic carbocycles. The van der Waals surface area contributed by atoms with Gasteiger partial charge in [-0.25, -0.2) is 4.79 Å². The van der Waals surface area contributed by atoms with Gasteiger partial charge in [0.1, 0.15) is 0 Å². The van der Waals surface area contributed by atoms with Crippen molar-refractivity contribution in [2.24, 2.45) is 40.4 Å². The number of hydrogen-bond donors (Lipinski definition) is 1. The van der Waals surface area contributed by atoms with E-state index in [4.69, 9.17) is 0 Å². The van der Waals surface area contributed by atoms with Crippen molar-refractivity contribution < 1.29 is 14.7 Å². The van der Waals surface area contributed by atoms with Gasteiger partial charge >= 0.3 is 6.03 Å². The van der Waals surface area contributed by atoms with Gasteiger partial charge in [0.15, 0.2) is 0 Å². The SMILES string of the molecule is CC(CCC(=O)N1CCN(C(=O)N(C)C)[C@@H](C)C1)[C@H]1CC[C@H]2[C@@H]3CC=C4C[C@@H](O)CC[C@]4(C)[C@H]3CC[C@]12C. The lowest BCUT2D eigenvalue weighted by Crippen LogP contribution is -2.57. The van der Waals surface area contributed by atoms with Gasteiger partial charge in [-0.2, -0.15) is 0 Å². The molecule has 0 bridgehead atoms. The van der Waals surface area contributed by atoms with E-state index in [-0.39, 0.29) is 24.1 Å². The maximum Gasteiger partial charge on any atom is 0.319 e. The Bertz CT molecular complexity index is 948. The molecule has 4 fully saturated rings. The predicted molar refractivity (Wildman–Crippen MR) is 151 cm³/mol. The highest BCUT2D eigenvalue weighted by molar-refractivity contribution is 5.78. The van der Waals surface area contributed by atoms with Crippen LogP contribution in [0.4, 0.5) is 4.79 Å². The van der Waals surface area contributed by atoms with Crippen LogP contribution in [-0.4, -0.2) is 77.6 Å². The van der Waals surface area contributed by atoms with Crippen molar-refractivity contribution in [2.75, 3.05) is 33.7 Å². The maximum atomic E-state index is 13.2. The van der Waals surface area contributed by atoms with Crippen molar-refractivity contribution in [1.82, 2.24) is 14.7 Å². The van der Waals surface area contributed by atoms with Crippen LogP contribution < -0.4 is 0 Å². The summed E-state index contributed by atoms with van der Waals surface area (Å²) in [5.41, 5.74) is 2.26. The minimum absolute atomic E-state index is 0.0386. The maximum absolute atomic E-state index is 13.2. The van der Waals surface area contributed by atoms with Gasteiger partial charge in [-0.3, -0.25) is 4.79 Å². The fraction of sp³-hybridized carbons (Fsp3) is 0.875. The summed E-state index contributed by atoms with van der Waals surface area (Å²) in [6.45, 7) is 11.5. The highest BCUT2D eigenvalue weighted by atomic mass is 16.3. The highest BCUT2D eigenvalue weighted by Crippen LogP contribution is 2.67. The Kier molecular flexibility index (Phi) is 7.69.